The second-order valence-electron chi connectivity index (χ2n) is 5.04. The third-order valence-corrected chi connectivity index (χ3v) is 4.34. The fraction of sp³-hybridized carbons (Fsp3) is 0.917. The van der Waals surface area contributed by atoms with Crippen LogP contribution in [0.5, 0.6) is 0 Å². The molecule has 0 aliphatic carbocycles. The van der Waals surface area contributed by atoms with E-state index in [0.717, 1.165) is 25.6 Å². The predicted molar refractivity (Wildman–Crippen MR) is 74.1 cm³/mol. The molecule has 1 fully saturated rings. The van der Waals surface area contributed by atoms with Crippen LogP contribution < -0.4 is 5.73 Å². The zero-order chi connectivity index (χ0) is 12.0. The van der Waals surface area contributed by atoms with Crippen molar-refractivity contribution in [2.45, 2.75) is 44.3 Å². The average Bonchev–Trinajstić information content (AvgIpc) is 2.54. The molecule has 0 aromatic carbocycles. The number of nitrogens with two attached hydrogens (primary N) is 1. The van der Waals surface area contributed by atoms with Gasteiger partial charge in [0.05, 0.1) is 6.54 Å². The Morgan fingerprint density at radius 3 is 2.31 bits per heavy atom. The molecule has 4 heteroatoms. The number of rotatable bonds is 3. The molecule has 0 unspecified atom stereocenters. The highest BCUT2D eigenvalue weighted by atomic mass is 32.2. The lowest BCUT2D eigenvalue weighted by molar-refractivity contribution is 0.427. The SMILES string of the molecule is CSC(C)(C)CN=C(N)N1CCCCCC1. The summed E-state index contributed by atoms with van der Waals surface area (Å²) in [7, 11) is 0. The molecule has 0 bridgehead atoms. The van der Waals surface area contributed by atoms with E-state index < -0.39 is 0 Å². The Hall–Kier alpha value is -0.380. The van der Waals surface area contributed by atoms with Crippen LogP contribution in [-0.2, 0) is 0 Å². The van der Waals surface area contributed by atoms with Crippen LogP contribution in [0.4, 0.5) is 0 Å². The molecule has 1 saturated heterocycles. The molecule has 0 spiro atoms. The van der Waals surface area contributed by atoms with Crippen LogP contribution in [-0.4, -0.2) is 41.5 Å². The number of hydrogen-bond acceptors (Lipinski definition) is 2. The molecule has 0 amide bonds. The molecule has 0 atom stereocenters. The van der Waals surface area contributed by atoms with E-state index in [1.165, 1.54) is 25.7 Å². The molecule has 3 nitrogen and oxygen atoms in total. The van der Waals surface area contributed by atoms with E-state index >= 15 is 0 Å². The first-order valence-electron chi connectivity index (χ1n) is 6.15. The Morgan fingerprint density at radius 1 is 1.25 bits per heavy atom. The molecule has 16 heavy (non-hydrogen) atoms. The second kappa shape index (κ2) is 6.38. The van der Waals surface area contributed by atoms with E-state index in [0.29, 0.717) is 0 Å². The summed E-state index contributed by atoms with van der Waals surface area (Å²) in [6.45, 7) is 7.37. The third kappa shape index (κ3) is 4.64. The lowest BCUT2D eigenvalue weighted by Crippen LogP contribution is -2.39. The topological polar surface area (TPSA) is 41.6 Å². The molecular weight excluding hydrogens is 218 g/mol. The molecular formula is C12H25N3S. The smallest absolute Gasteiger partial charge is 0.191 e. The van der Waals surface area contributed by atoms with E-state index in [1.54, 1.807) is 0 Å². The first-order valence-corrected chi connectivity index (χ1v) is 7.38. The van der Waals surface area contributed by atoms with Crippen molar-refractivity contribution in [3.05, 3.63) is 0 Å². The highest BCUT2D eigenvalue weighted by molar-refractivity contribution is 7.99. The van der Waals surface area contributed by atoms with Crippen molar-refractivity contribution in [3.63, 3.8) is 0 Å². The fourth-order valence-electron chi connectivity index (χ4n) is 1.74. The summed E-state index contributed by atoms with van der Waals surface area (Å²) in [4.78, 5) is 6.77. The Balaban J connectivity index is 2.48. The predicted octanol–water partition coefficient (Wildman–Crippen LogP) is 2.32. The Morgan fingerprint density at radius 2 is 1.81 bits per heavy atom. The first kappa shape index (κ1) is 13.7. The van der Waals surface area contributed by atoms with Crippen LogP contribution in [0.25, 0.3) is 0 Å². The van der Waals surface area contributed by atoms with Gasteiger partial charge in [0.2, 0.25) is 0 Å². The normalized spacial score (nSPS) is 19.7. The number of aliphatic imine (C=N–C) groups is 1. The van der Waals surface area contributed by atoms with E-state index in [4.69, 9.17) is 5.73 Å². The van der Waals surface area contributed by atoms with Gasteiger partial charge in [0.25, 0.3) is 0 Å². The van der Waals surface area contributed by atoms with Gasteiger partial charge in [-0.2, -0.15) is 11.8 Å². The zero-order valence-corrected chi connectivity index (χ0v) is 11.6. The standard InChI is InChI=1S/C12H25N3S/c1-12(2,16-3)10-14-11(13)15-8-6-4-5-7-9-15/h4-10H2,1-3H3,(H2,13,14). The quantitative estimate of drug-likeness (QED) is 0.611. The van der Waals surface area contributed by atoms with Crippen LogP contribution in [0.15, 0.2) is 4.99 Å². The summed E-state index contributed by atoms with van der Waals surface area (Å²) in [5, 5.41) is 0. The van der Waals surface area contributed by atoms with Gasteiger partial charge in [0.15, 0.2) is 5.96 Å². The van der Waals surface area contributed by atoms with Crippen molar-refractivity contribution in [2.75, 3.05) is 25.9 Å². The maximum Gasteiger partial charge on any atom is 0.191 e. The van der Waals surface area contributed by atoms with Crippen molar-refractivity contribution in [3.8, 4) is 0 Å². The zero-order valence-electron chi connectivity index (χ0n) is 10.8. The molecule has 0 radical (unpaired) electrons. The molecule has 2 N–H and O–H groups in total. The molecule has 1 aliphatic heterocycles. The minimum atomic E-state index is 0.191. The maximum absolute atomic E-state index is 6.05. The Labute approximate surface area is 104 Å². The van der Waals surface area contributed by atoms with E-state index in [2.05, 4.69) is 30.0 Å². The first-order chi connectivity index (χ1) is 7.55. The van der Waals surface area contributed by atoms with Gasteiger partial charge in [-0.1, -0.05) is 12.8 Å². The van der Waals surface area contributed by atoms with E-state index in [-0.39, 0.29) is 4.75 Å². The van der Waals surface area contributed by atoms with Crippen molar-refractivity contribution >= 4 is 17.7 Å². The number of thioether (sulfide) groups is 1. The summed E-state index contributed by atoms with van der Waals surface area (Å²) in [6.07, 6.45) is 7.29. The summed E-state index contributed by atoms with van der Waals surface area (Å²) >= 11 is 1.84. The monoisotopic (exact) mass is 243 g/mol. The van der Waals surface area contributed by atoms with Gasteiger partial charge in [-0.25, -0.2) is 0 Å². The molecule has 0 aromatic heterocycles. The van der Waals surface area contributed by atoms with E-state index in [1.807, 2.05) is 11.8 Å². The molecule has 1 aliphatic rings. The summed E-state index contributed by atoms with van der Waals surface area (Å²) in [6, 6.07) is 0. The molecule has 0 saturated carbocycles. The molecule has 1 heterocycles. The van der Waals surface area contributed by atoms with Gasteiger partial charge in [-0.3, -0.25) is 4.99 Å². The van der Waals surface area contributed by atoms with Crippen molar-refractivity contribution in [1.82, 2.24) is 4.90 Å². The van der Waals surface area contributed by atoms with Gasteiger partial charge in [-0.05, 0) is 32.9 Å². The number of nitrogens with zero attached hydrogens (tertiary/aromatic N) is 2. The summed E-state index contributed by atoms with van der Waals surface area (Å²) < 4.78 is 0.191. The summed E-state index contributed by atoms with van der Waals surface area (Å²) in [5.74, 6) is 0.740. The van der Waals surface area contributed by atoms with Gasteiger partial charge < -0.3 is 10.6 Å². The Bertz CT molecular complexity index is 230. The van der Waals surface area contributed by atoms with Crippen LogP contribution in [0.3, 0.4) is 0 Å². The van der Waals surface area contributed by atoms with Gasteiger partial charge in [0, 0.05) is 17.8 Å². The summed E-state index contributed by atoms with van der Waals surface area (Å²) in [5.41, 5.74) is 6.05. The molecule has 94 valence electrons. The van der Waals surface area contributed by atoms with Crippen LogP contribution in [0.1, 0.15) is 39.5 Å². The minimum Gasteiger partial charge on any atom is -0.370 e. The average molecular weight is 243 g/mol. The lowest BCUT2D eigenvalue weighted by atomic mass is 10.2. The second-order valence-corrected chi connectivity index (χ2v) is 6.55. The minimum absolute atomic E-state index is 0.191. The maximum atomic E-state index is 6.05. The van der Waals surface area contributed by atoms with Crippen LogP contribution >= 0.6 is 11.8 Å². The van der Waals surface area contributed by atoms with Gasteiger partial charge in [0.1, 0.15) is 0 Å². The van der Waals surface area contributed by atoms with Crippen LogP contribution in [0.2, 0.25) is 0 Å². The van der Waals surface area contributed by atoms with Crippen molar-refractivity contribution in [1.29, 1.82) is 0 Å². The molecule has 0 aromatic rings. The van der Waals surface area contributed by atoms with Crippen molar-refractivity contribution < 1.29 is 0 Å². The van der Waals surface area contributed by atoms with Crippen molar-refractivity contribution in [2.24, 2.45) is 10.7 Å². The number of likely N-dealkylation sites (tertiary alicyclic amines) is 1. The Kier molecular flexibility index (Phi) is 5.46. The number of guanidine groups is 1. The highest BCUT2D eigenvalue weighted by Gasteiger charge is 2.16. The fourth-order valence-corrected chi connectivity index (χ4v) is 1.93. The van der Waals surface area contributed by atoms with Gasteiger partial charge in [-0.15, -0.1) is 0 Å². The lowest BCUT2D eigenvalue weighted by Gasteiger charge is -2.24. The van der Waals surface area contributed by atoms with Gasteiger partial charge >= 0.3 is 0 Å². The third-order valence-electron chi connectivity index (χ3n) is 3.10. The van der Waals surface area contributed by atoms with Crippen LogP contribution in [0, 0.1) is 0 Å². The molecule has 1 rings (SSSR count). The highest BCUT2D eigenvalue weighted by Crippen LogP contribution is 2.21. The van der Waals surface area contributed by atoms with E-state index in [9.17, 15) is 0 Å². The largest absolute Gasteiger partial charge is 0.370 e. The number of hydrogen-bond donors (Lipinski definition) is 1.